The molecule has 0 aliphatic carbocycles. The third kappa shape index (κ3) is 7.15. The number of nitriles is 1. The van der Waals surface area contributed by atoms with Crippen LogP contribution in [0.3, 0.4) is 0 Å². The molecule has 0 heterocycles. The van der Waals surface area contributed by atoms with Gasteiger partial charge in [0.1, 0.15) is 11.6 Å². The van der Waals surface area contributed by atoms with Crippen molar-refractivity contribution in [3.63, 3.8) is 0 Å². The van der Waals surface area contributed by atoms with E-state index in [9.17, 15) is 10.1 Å². The number of amides is 1. The fourth-order valence-corrected chi connectivity index (χ4v) is 2.76. The van der Waals surface area contributed by atoms with E-state index in [4.69, 9.17) is 9.47 Å². The molecule has 0 aliphatic heterocycles. The topological polar surface area (TPSA) is 74.6 Å². The van der Waals surface area contributed by atoms with E-state index in [1.165, 1.54) is 0 Å². The van der Waals surface area contributed by atoms with Gasteiger partial charge in [-0.1, -0.05) is 32.8 Å². The van der Waals surface area contributed by atoms with Crippen LogP contribution < -0.4 is 14.8 Å². The summed E-state index contributed by atoms with van der Waals surface area (Å²) in [6, 6.07) is 7.27. The Morgan fingerprint density at radius 1 is 1.18 bits per heavy atom. The highest BCUT2D eigenvalue weighted by molar-refractivity contribution is 5.97. The van der Waals surface area contributed by atoms with Crippen molar-refractivity contribution in [1.29, 1.82) is 5.26 Å². The molecule has 0 aliphatic rings. The number of hydrogen-bond acceptors (Lipinski definition) is 5. The minimum absolute atomic E-state index is 0.125. The predicted octanol–water partition coefficient (Wildman–Crippen LogP) is 4.19. The van der Waals surface area contributed by atoms with Crippen LogP contribution in [0, 0.1) is 11.3 Å². The Morgan fingerprint density at radius 2 is 1.79 bits per heavy atom. The van der Waals surface area contributed by atoms with Gasteiger partial charge in [0, 0.05) is 19.3 Å². The van der Waals surface area contributed by atoms with E-state index < -0.39 is 0 Å². The minimum atomic E-state index is -0.372. The first-order valence-electron chi connectivity index (χ1n) is 9.89. The number of hydrogen-bond donors (Lipinski definition) is 1. The Labute approximate surface area is 169 Å². The van der Waals surface area contributed by atoms with Crippen molar-refractivity contribution < 1.29 is 14.3 Å². The summed E-state index contributed by atoms with van der Waals surface area (Å²) in [6.45, 7) is 7.83. The van der Waals surface area contributed by atoms with Crippen LogP contribution >= 0.6 is 0 Å². The standard InChI is InChI=1S/C22H33N3O3/c1-6-8-12-25(13-9-7-2)16-19(15-23)22(26)24-17(3)18-10-11-20(27-4)21(14-18)28-5/h10-11,14,16-17H,6-9,12-13H2,1-5H3,(H,24,26)/b19-16-. The lowest BCUT2D eigenvalue weighted by Crippen LogP contribution is -2.29. The molecule has 0 spiro atoms. The van der Waals surface area contributed by atoms with Gasteiger partial charge in [0.25, 0.3) is 5.91 Å². The zero-order valence-electron chi connectivity index (χ0n) is 17.7. The summed E-state index contributed by atoms with van der Waals surface area (Å²) in [5, 5.41) is 12.4. The molecule has 1 rings (SSSR count). The molecule has 1 unspecified atom stereocenters. The summed E-state index contributed by atoms with van der Waals surface area (Å²) in [4.78, 5) is 14.7. The fourth-order valence-electron chi connectivity index (χ4n) is 2.76. The molecular weight excluding hydrogens is 354 g/mol. The quantitative estimate of drug-likeness (QED) is 0.430. The number of methoxy groups -OCH3 is 2. The Morgan fingerprint density at radius 3 is 2.29 bits per heavy atom. The third-order valence-electron chi connectivity index (χ3n) is 4.53. The molecule has 6 heteroatoms. The lowest BCUT2D eigenvalue weighted by atomic mass is 10.1. The number of carbonyl (C=O) groups excluding carboxylic acids is 1. The van der Waals surface area contributed by atoms with E-state index in [1.807, 2.05) is 25.1 Å². The molecule has 28 heavy (non-hydrogen) atoms. The Hall–Kier alpha value is -2.68. The number of rotatable bonds is 12. The number of carbonyl (C=O) groups is 1. The van der Waals surface area contributed by atoms with Gasteiger partial charge in [-0.2, -0.15) is 5.26 Å². The number of nitrogens with one attached hydrogen (secondary N) is 1. The highest BCUT2D eigenvalue weighted by atomic mass is 16.5. The minimum Gasteiger partial charge on any atom is -0.493 e. The van der Waals surface area contributed by atoms with Crippen LogP contribution in [0.4, 0.5) is 0 Å². The molecule has 1 amide bonds. The second kappa shape index (κ2) is 12.7. The fraction of sp³-hybridized carbons (Fsp3) is 0.545. The second-order valence-corrected chi connectivity index (χ2v) is 6.71. The Bertz CT molecular complexity index is 687. The van der Waals surface area contributed by atoms with E-state index in [0.29, 0.717) is 11.5 Å². The molecular formula is C22H33N3O3. The van der Waals surface area contributed by atoms with E-state index in [0.717, 1.165) is 44.3 Å². The lowest BCUT2D eigenvalue weighted by molar-refractivity contribution is -0.117. The van der Waals surface area contributed by atoms with Gasteiger partial charge < -0.3 is 19.7 Å². The molecule has 1 aromatic carbocycles. The summed E-state index contributed by atoms with van der Waals surface area (Å²) >= 11 is 0. The molecule has 0 saturated carbocycles. The van der Waals surface area contributed by atoms with Gasteiger partial charge in [-0.3, -0.25) is 4.79 Å². The molecule has 1 atom stereocenters. The lowest BCUT2D eigenvalue weighted by Gasteiger charge is -2.21. The molecule has 0 radical (unpaired) electrons. The van der Waals surface area contributed by atoms with Gasteiger partial charge in [0.2, 0.25) is 0 Å². The van der Waals surface area contributed by atoms with Crippen LogP contribution in [0.15, 0.2) is 30.0 Å². The average molecular weight is 388 g/mol. The SMILES string of the molecule is CCCCN(/C=C(/C#N)C(=O)NC(C)c1ccc(OC)c(OC)c1)CCCC. The van der Waals surface area contributed by atoms with Crippen molar-refractivity contribution in [3.05, 3.63) is 35.5 Å². The van der Waals surface area contributed by atoms with Crippen LogP contribution in [-0.4, -0.2) is 38.1 Å². The van der Waals surface area contributed by atoms with Crippen LogP contribution in [0.25, 0.3) is 0 Å². The van der Waals surface area contributed by atoms with E-state index in [2.05, 4.69) is 24.1 Å². The molecule has 0 aromatic heterocycles. The van der Waals surface area contributed by atoms with Crippen molar-refractivity contribution in [2.75, 3.05) is 27.3 Å². The van der Waals surface area contributed by atoms with Gasteiger partial charge in [-0.05, 0) is 37.5 Å². The van der Waals surface area contributed by atoms with E-state index >= 15 is 0 Å². The predicted molar refractivity (Wildman–Crippen MR) is 111 cm³/mol. The summed E-state index contributed by atoms with van der Waals surface area (Å²) in [5.41, 5.74) is 0.997. The highest BCUT2D eigenvalue weighted by Crippen LogP contribution is 2.29. The van der Waals surface area contributed by atoms with Gasteiger partial charge in [0.05, 0.1) is 20.3 Å². The normalized spacial score (nSPS) is 12.1. The van der Waals surface area contributed by atoms with Crippen LogP contribution in [0.2, 0.25) is 0 Å². The molecule has 0 fully saturated rings. The Kier molecular flexibility index (Phi) is 10.6. The maximum Gasteiger partial charge on any atom is 0.263 e. The molecule has 1 aromatic rings. The largest absolute Gasteiger partial charge is 0.493 e. The first kappa shape index (κ1) is 23.4. The van der Waals surface area contributed by atoms with Crippen LogP contribution in [0.5, 0.6) is 11.5 Å². The maximum absolute atomic E-state index is 12.6. The Balaban J connectivity index is 2.90. The average Bonchev–Trinajstić information content (AvgIpc) is 2.72. The summed E-state index contributed by atoms with van der Waals surface area (Å²) in [6.07, 6.45) is 5.90. The van der Waals surface area contributed by atoms with Crippen molar-refractivity contribution in [2.45, 2.75) is 52.5 Å². The molecule has 6 nitrogen and oxygen atoms in total. The molecule has 1 N–H and O–H groups in total. The summed E-state index contributed by atoms with van der Waals surface area (Å²) < 4.78 is 10.6. The number of ether oxygens (including phenoxy) is 2. The summed E-state index contributed by atoms with van der Waals surface area (Å²) in [5.74, 6) is 0.857. The van der Waals surface area contributed by atoms with Crippen LogP contribution in [-0.2, 0) is 4.79 Å². The van der Waals surface area contributed by atoms with Crippen molar-refractivity contribution in [2.24, 2.45) is 0 Å². The third-order valence-corrected chi connectivity index (χ3v) is 4.53. The van der Waals surface area contributed by atoms with Gasteiger partial charge in [-0.25, -0.2) is 0 Å². The monoisotopic (exact) mass is 387 g/mol. The molecule has 0 saturated heterocycles. The number of nitrogens with zero attached hydrogens (tertiary/aromatic N) is 2. The number of unbranched alkanes of at least 4 members (excludes halogenated alkanes) is 2. The zero-order chi connectivity index (χ0) is 20.9. The van der Waals surface area contributed by atoms with Crippen molar-refractivity contribution >= 4 is 5.91 Å². The van der Waals surface area contributed by atoms with E-state index in [1.54, 1.807) is 26.5 Å². The van der Waals surface area contributed by atoms with Gasteiger partial charge in [0.15, 0.2) is 11.5 Å². The first-order valence-corrected chi connectivity index (χ1v) is 9.89. The summed E-state index contributed by atoms with van der Waals surface area (Å²) in [7, 11) is 3.15. The van der Waals surface area contributed by atoms with Crippen molar-refractivity contribution in [1.82, 2.24) is 10.2 Å². The smallest absolute Gasteiger partial charge is 0.263 e. The maximum atomic E-state index is 12.6. The van der Waals surface area contributed by atoms with Gasteiger partial charge >= 0.3 is 0 Å². The van der Waals surface area contributed by atoms with Crippen molar-refractivity contribution in [3.8, 4) is 17.6 Å². The zero-order valence-corrected chi connectivity index (χ0v) is 17.7. The first-order chi connectivity index (χ1) is 13.5. The second-order valence-electron chi connectivity index (χ2n) is 6.71. The number of benzene rings is 1. The highest BCUT2D eigenvalue weighted by Gasteiger charge is 2.16. The molecule has 0 bridgehead atoms. The molecule has 154 valence electrons. The van der Waals surface area contributed by atoms with Gasteiger partial charge in [-0.15, -0.1) is 0 Å². The van der Waals surface area contributed by atoms with Crippen LogP contribution in [0.1, 0.15) is 58.1 Å². The van der Waals surface area contributed by atoms with E-state index in [-0.39, 0.29) is 17.5 Å².